The third kappa shape index (κ3) is 3.59. The van der Waals surface area contributed by atoms with E-state index in [2.05, 4.69) is 26.0 Å². The first kappa shape index (κ1) is 19.9. The number of phenolic OH excluding ortho intramolecular Hbond substituents is 1. The number of halogens is 2. The minimum Gasteiger partial charge on any atom is -0.508 e. The minimum atomic E-state index is -0.604. The Morgan fingerprint density at radius 3 is 2.82 bits per heavy atom. The smallest absolute Gasteiger partial charge is 0.345 e. The second kappa shape index (κ2) is 8.01. The van der Waals surface area contributed by atoms with Crippen molar-refractivity contribution in [1.82, 2.24) is 14.6 Å². The second-order valence-corrected chi connectivity index (χ2v) is 6.70. The summed E-state index contributed by atoms with van der Waals surface area (Å²) in [6.45, 7) is 4.50. The van der Waals surface area contributed by atoms with Crippen LogP contribution >= 0.6 is 15.9 Å². The van der Waals surface area contributed by atoms with Crippen LogP contribution in [0.1, 0.15) is 29.8 Å². The lowest BCUT2D eigenvalue weighted by Crippen LogP contribution is -2.24. The molecule has 10 heteroatoms. The van der Waals surface area contributed by atoms with Gasteiger partial charge in [-0.15, -0.1) is 5.10 Å². The number of hydrogen-bond acceptors (Lipinski definition) is 7. The van der Waals surface area contributed by atoms with Gasteiger partial charge in [-0.3, -0.25) is 0 Å². The number of aromatic nitrogens is 3. The zero-order chi connectivity index (χ0) is 20.4. The SMILES string of the molecule is CCOC(=O)c1c(N)nn2ccc(N(CC)Cc3c(O)ccc(F)c3Br)nc12. The van der Waals surface area contributed by atoms with Crippen molar-refractivity contribution in [2.45, 2.75) is 20.4 Å². The van der Waals surface area contributed by atoms with Crippen molar-refractivity contribution in [3.8, 4) is 5.75 Å². The van der Waals surface area contributed by atoms with Gasteiger partial charge in [0.05, 0.1) is 11.1 Å². The molecule has 1 aromatic carbocycles. The molecule has 0 aliphatic heterocycles. The van der Waals surface area contributed by atoms with Gasteiger partial charge in [-0.1, -0.05) is 0 Å². The van der Waals surface area contributed by atoms with Gasteiger partial charge in [0.25, 0.3) is 0 Å². The molecular formula is C18H19BrFN5O3. The lowest BCUT2D eigenvalue weighted by Gasteiger charge is -2.23. The Balaban J connectivity index is 2.03. The van der Waals surface area contributed by atoms with Crippen molar-refractivity contribution in [2.24, 2.45) is 0 Å². The van der Waals surface area contributed by atoms with Crippen LogP contribution in [0.25, 0.3) is 5.65 Å². The van der Waals surface area contributed by atoms with Crippen LogP contribution in [-0.4, -0.2) is 38.8 Å². The molecule has 0 saturated heterocycles. The maximum Gasteiger partial charge on any atom is 0.345 e. The first-order valence-electron chi connectivity index (χ1n) is 8.60. The Kier molecular flexibility index (Phi) is 5.68. The number of nitrogens with two attached hydrogens (primary N) is 1. The molecule has 0 unspecified atom stereocenters. The molecule has 0 bridgehead atoms. The summed E-state index contributed by atoms with van der Waals surface area (Å²) < 4.78 is 20.5. The minimum absolute atomic E-state index is 0.0247. The fourth-order valence-electron chi connectivity index (χ4n) is 2.79. The lowest BCUT2D eigenvalue weighted by molar-refractivity contribution is 0.0529. The highest BCUT2D eigenvalue weighted by atomic mass is 79.9. The summed E-state index contributed by atoms with van der Waals surface area (Å²) in [7, 11) is 0. The molecule has 3 aromatic rings. The predicted octanol–water partition coefficient (Wildman–Crippen LogP) is 3.12. The van der Waals surface area contributed by atoms with E-state index < -0.39 is 11.8 Å². The number of fused-ring (bicyclic) bond motifs is 1. The van der Waals surface area contributed by atoms with Crippen molar-refractivity contribution < 1.29 is 19.0 Å². The summed E-state index contributed by atoms with van der Waals surface area (Å²) in [6, 6.07) is 4.18. The Morgan fingerprint density at radius 2 is 2.14 bits per heavy atom. The van der Waals surface area contributed by atoms with Crippen LogP contribution in [0.5, 0.6) is 5.75 Å². The predicted molar refractivity (Wildman–Crippen MR) is 106 cm³/mol. The first-order chi connectivity index (χ1) is 13.4. The monoisotopic (exact) mass is 451 g/mol. The molecular weight excluding hydrogens is 433 g/mol. The number of carbonyl (C=O) groups excluding carboxylic acids is 1. The highest BCUT2D eigenvalue weighted by Crippen LogP contribution is 2.31. The van der Waals surface area contributed by atoms with Gasteiger partial charge < -0.3 is 20.5 Å². The number of carbonyl (C=O) groups is 1. The average Bonchev–Trinajstić information content (AvgIpc) is 3.00. The molecule has 0 spiro atoms. The molecule has 3 rings (SSSR count). The van der Waals surface area contributed by atoms with Crippen LogP contribution in [-0.2, 0) is 11.3 Å². The zero-order valence-corrected chi connectivity index (χ0v) is 16.9. The van der Waals surface area contributed by atoms with E-state index in [-0.39, 0.29) is 40.4 Å². The first-order valence-corrected chi connectivity index (χ1v) is 9.39. The van der Waals surface area contributed by atoms with E-state index in [0.29, 0.717) is 17.9 Å². The molecule has 0 saturated carbocycles. The summed E-state index contributed by atoms with van der Waals surface area (Å²) >= 11 is 3.18. The number of esters is 1. The summed E-state index contributed by atoms with van der Waals surface area (Å²) in [4.78, 5) is 18.5. The molecule has 0 fully saturated rings. The lowest BCUT2D eigenvalue weighted by atomic mass is 10.2. The standard InChI is InChI=1S/C18H19BrFN5O3/c1-3-24(9-10-12(26)6-5-11(20)15(10)19)13-7-8-25-17(22-13)14(16(21)23-25)18(27)28-4-2/h5-8,26H,3-4,9H2,1-2H3,(H2,21,23). The normalized spacial score (nSPS) is 11.0. The van der Waals surface area contributed by atoms with Gasteiger partial charge in [0.1, 0.15) is 22.9 Å². The van der Waals surface area contributed by atoms with E-state index in [0.717, 1.165) is 0 Å². The third-order valence-corrected chi connectivity index (χ3v) is 5.06. The van der Waals surface area contributed by atoms with E-state index in [1.807, 2.05) is 11.8 Å². The summed E-state index contributed by atoms with van der Waals surface area (Å²) in [5.41, 5.74) is 6.60. The van der Waals surface area contributed by atoms with Gasteiger partial charge in [0.2, 0.25) is 0 Å². The molecule has 0 aliphatic rings. The number of ether oxygens (including phenoxy) is 1. The molecule has 0 atom stereocenters. The molecule has 8 nitrogen and oxygen atoms in total. The van der Waals surface area contributed by atoms with Crippen LogP contribution in [0.15, 0.2) is 28.9 Å². The number of nitrogen functional groups attached to an aromatic ring is 1. The molecule has 3 N–H and O–H groups in total. The van der Waals surface area contributed by atoms with Gasteiger partial charge in [0.15, 0.2) is 11.5 Å². The van der Waals surface area contributed by atoms with Crippen molar-refractivity contribution in [3.05, 3.63) is 45.8 Å². The molecule has 2 heterocycles. The fraction of sp³-hybridized carbons (Fsp3) is 0.278. The number of rotatable bonds is 6. The molecule has 0 radical (unpaired) electrons. The largest absolute Gasteiger partial charge is 0.508 e. The molecule has 0 aliphatic carbocycles. The molecule has 0 amide bonds. The van der Waals surface area contributed by atoms with Gasteiger partial charge in [0, 0.05) is 24.8 Å². The van der Waals surface area contributed by atoms with Crippen LogP contribution < -0.4 is 10.6 Å². The van der Waals surface area contributed by atoms with Gasteiger partial charge in [-0.25, -0.2) is 18.7 Å². The van der Waals surface area contributed by atoms with Crippen LogP contribution in [0.4, 0.5) is 16.0 Å². The van der Waals surface area contributed by atoms with Gasteiger partial charge in [-0.2, -0.15) is 0 Å². The highest BCUT2D eigenvalue weighted by molar-refractivity contribution is 9.10. The van der Waals surface area contributed by atoms with Crippen LogP contribution in [0.3, 0.4) is 0 Å². The Labute approximate surface area is 168 Å². The van der Waals surface area contributed by atoms with Crippen molar-refractivity contribution in [1.29, 1.82) is 0 Å². The second-order valence-electron chi connectivity index (χ2n) is 5.91. The number of benzene rings is 1. The number of aromatic hydroxyl groups is 1. The fourth-order valence-corrected chi connectivity index (χ4v) is 3.25. The number of hydrogen-bond donors (Lipinski definition) is 2. The van der Waals surface area contributed by atoms with Gasteiger partial charge >= 0.3 is 5.97 Å². The quantitative estimate of drug-likeness (QED) is 0.554. The summed E-state index contributed by atoms with van der Waals surface area (Å²) in [5.74, 6) is -0.574. The zero-order valence-electron chi connectivity index (χ0n) is 15.3. The average molecular weight is 452 g/mol. The van der Waals surface area contributed by atoms with Gasteiger partial charge in [-0.05, 0) is 48.0 Å². The highest BCUT2D eigenvalue weighted by Gasteiger charge is 2.22. The van der Waals surface area contributed by atoms with E-state index >= 15 is 0 Å². The topological polar surface area (TPSA) is 106 Å². The van der Waals surface area contributed by atoms with Crippen molar-refractivity contribution in [3.63, 3.8) is 0 Å². The maximum absolute atomic E-state index is 13.9. The van der Waals surface area contributed by atoms with E-state index in [9.17, 15) is 14.3 Å². The maximum atomic E-state index is 13.9. The van der Waals surface area contributed by atoms with E-state index in [1.165, 1.54) is 16.6 Å². The van der Waals surface area contributed by atoms with Crippen LogP contribution in [0, 0.1) is 5.82 Å². The van der Waals surface area contributed by atoms with E-state index in [4.69, 9.17) is 10.5 Å². The van der Waals surface area contributed by atoms with E-state index in [1.54, 1.807) is 19.2 Å². The molecule has 28 heavy (non-hydrogen) atoms. The Bertz CT molecular complexity index is 1040. The Hall–Kier alpha value is -2.88. The van der Waals surface area contributed by atoms with Crippen molar-refractivity contribution in [2.75, 3.05) is 23.8 Å². The number of nitrogens with zero attached hydrogens (tertiary/aromatic N) is 4. The number of anilines is 2. The summed E-state index contributed by atoms with van der Waals surface area (Å²) in [6.07, 6.45) is 1.62. The number of phenols is 1. The molecule has 148 valence electrons. The Morgan fingerprint density at radius 1 is 1.39 bits per heavy atom. The van der Waals surface area contributed by atoms with Crippen LogP contribution in [0.2, 0.25) is 0 Å². The summed E-state index contributed by atoms with van der Waals surface area (Å²) in [5, 5.41) is 14.2. The van der Waals surface area contributed by atoms with Crippen molar-refractivity contribution >= 4 is 39.2 Å². The molecule has 2 aromatic heterocycles. The third-order valence-electron chi connectivity index (χ3n) is 4.20.